The minimum absolute atomic E-state index is 0.127. The van der Waals surface area contributed by atoms with E-state index in [0.29, 0.717) is 6.42 Å². The van der Waals surface area contributed by atoms with Crippen LogP contribution in [0, 0.1) is 0 Å². The van der Waals surface area contributed by atoms with E-state index in [1.807, 2.05) is 30.3 Å². The van der Waals surface area contributed by atoms with Crippen molar-refractivity contribution in [3.05, 3.63) is 35.9 Å². The molecule has 0 heterocycles. The number of benzene rings is 1. The second-order valence-corrected chi connectivity index (χ2v) is 7.20. The van der Waals surface area contributed by atoms with E-state index >= 15 is 0 Å². The SMILES string of the molecule is CC(NC(=O)C(N)Cc1ccccc1)C(=O)NC(CS)C(=O)NC(C(=O)O)C(C)O. The Morgan fingerprint density at radius 3 is 2.10 bits per heavy atom. The van der Waals surface area contributed by atoms with Gasteiger partial charge >= 0.3 is 5.97 Å². The maximum atomic E-state index is 12.3. The molecule has 7 N–H and O–H groups in total. The molecule has 0 aliphatic carbocycles. The number of carbonyl (C=O) groups excluding carboxylic acids is 3. The first-order chi connectivity index (χ1) is 14.1. The molecule has 0 aliphatic rings. The van der Waals surface area contributed by atoms with Gasteiger partial charge in [-0.3, -0.25) is 14.4 Å². The van der Waals surface area contributed by atoms with Crippen LogP contribution in [-0.4, -0.2) is 69.9 Å². The van der Waals surface area contributed by atoms with Crippen molar-refractivity contribution in [2.45, 2.75) is 50.5 Å². The molecule has 11 heteroatoms. The highest BCUT2D eigenvalue weighted by molar-refractivity contribution is 7.80. The Hall–Kier alpha value is -2.63. The highest BCUT2D eigenvalue weighted by Crippen LogP contribution is 2.02. The van der Waals surface area contributed by atoms with Crippen molar-refractivity contribution in [3.63, 3.8) is 0 Å². The lowest BCUT2D eigenvalue weighted by Gasteiger charge is -2.23. The zero-order valence-corrected chi connectivity index (χ0v) is 17.6. The number of nitrogens with two attached hydrogens (primary N) is 1. The van der Waals surface area contributed by atoms with Crippen molar-refractivity contribution in [1.82, 2.24) is 16.0 Å². The fourth-order valence-corrected chi connectivity index (χ4v) is 2.74. The minimum Gasteiger partial charge on any atom is -0.480 e. The van der Waals surface area contributed by atoms with Gasteiger partial charge in [0.2, 0.25) is 17.7 Å². The predicted molar refractivity (Wildman–Crippen MR) is 113 cm³/mol. The first kappa shape index (κ1) is 25.4. The van der Waals surface area contributed by atoms with Crippen LogP contribution in [-0.2, 0) is 25.6 Å². The topological polar surface area (TPSA) is 171 Å². The van der Waals surface area contributed by atoms with Crippen molar-refractivity contribution < 1.29 is 29.4 Å². The molecular formula is C19H28N4O6S. The summed E-state index contributed by atoms with van der Waals surface area (Å²) in [4.78, 5) is 47.9. The molecule has 10 nitrogen and oxygen atoms in total. The number of aliphatic carboxylic acids is 1. The van der Waals surface area contributed by atoms with Crippen LogP contribution in [0.3, 0.4) is 0 Å². The van der Waals surface area contributed by atoms with Gasteiger partial charge in [0.1, 0.15) is 12.1 Å². The van der Waals surface area contributed by atoms with E-state index in [4.69, 9.17) is 10.8 Å². The number of aliphatic hydroxyl groups excluding tert-OH is 1. The van der Waals surface area contributed by atoms with E-state index < -0.39 is 54.0 Å². The summed E-state index contributed by atoms with van der Waals surface area (Å²) < 4.78 is 0. The van der Waals surface area contributed by atoms with Gasteiger partial charge in [0, 0.05) is 5.75 Å². The third-order valence-corrected chi connectivity index (χ3v) is 4.61. The number of hydrogen-bond acceptors (Lipinski definition) is 7. The molecule has 3 amide bonds. The summed E-state index contributed by atoms with van der Waals surface area (Å²) in [5.41, 5.74) is 6.76. The van der Waals surface area contributed by atoms with E-state index in [2.05, 4.69) is 28.6 Å². The first-order valence-corrected chi connectivity index (χ1v) is 9.92. The molecule has 0 aromatic heterocycles. The van der Waals surface area contributed by atoms with Crippen LogP contribution in [0.1, 0.15) is 19.4 Å². The van der Waals surface area contributed by atoms with Crippen molar-refractivity contribution in [3.8, 4) is 0 Å². The van der Waals surface area contributed by atoms with Crippen LogP contribution in [0.25, 0.3) is 0 Å². The number of hydrogen-bond donors (Lipinski definition) is 7. The van der Waals surface area contributed by atoms with Gasteiger partial charge < -0.3 is 31.9 Å². The highest BCUT2D eigenvalue weighted by atomic mass is 32.1. The molecule has 5 atom stereocenters. The van der Waals surface area contributed by atoms with Gasteiger partial charge in [-0.1, -0.05) is 30.3 Å². The number of thiol groups is 1. The molecule has 30 heavy (non-hydrogen) atoms. The molecule has 1 rings (SSSR count). The summed E-state index contributed by atoms with van der Waals surface area (Å²) in [6.07, 6.45) is -1.05. The van der Waals surface area contributed by atoms with Gasteiger partial charge in [-0.2, -0.15) is 12.6 Å². The van der Waals surface area contributed by atoms with Crippen LogP contribution < -0.4 is 21.7 Å². The molecule has 1 aromatic rings. The fraction of sp³-hybridized carbons (Fsp3) is 0.474. The van der Waals surface area contributed by atoms with E-state index in [1.54, 1.807) is 0 Å². The molecule has 0 aliphatic heterocycles. The number of carboxylic acids is 1. The average Bonchev–Trinajstić information content (AvgIpc) is 2.69. The lowest BCUT2D eigenvalue weighted by atomic mass is 10.1. The van der Waals surface area contributed by atoms with Crippen LogP contribution in [0.2, 0.25) is 0 Å². The number of carboxylic acid groups (broad SMARTS) is 1. The highest BCUT2D eigenvalue weighted by Gasteiger charge is 2.30. The van der Waals surface area contributed by atoms with Crippen LogP contribution in [0.4, 0.5) is 0 Å². The monoisotopic (exact) mass is 440 g/mol. The summed E-state index contributed by atoms with van der Waals surface area (Å²) in [6.45, 7) is 2.63. The molecular weight excluding hydrogens is 412 g/mol. The third-order valence-electron chi connectivity index (χ3n) is 4.25. The minimum atomic E-state index is -1.54. The van der Waals surface area contributed by atoms with Gasteiger partial charge in [-0.15, -0.1) is 0 Å². The zero-order chi connectivity index (χ0) is 22.8. The van der Waals surface area contributed by atoms with E-state index in [0.717, 1.165) is 5.56 Å². The smallest absolute Gasteiger partial charge is 0.328 e. The van der Waals surface area contributed by atoms with Crippen molar-refractivity contribution in [1.29, 1.82) is 0 Å². The summed E-state index contributed by atoms with van der Waals surface area (Å²) in [5, 5.41) is 25.5. The Kier molecular flexibility index (Phi) is 10.3. The Labute approximate surface area is 180 Å². The molecule has 5 unspecified atom stereocenters. The molecule has 0 spiro atoms. The van der Waals surface area contributed by atoms with Crippen molar-refractivity contribution in [2.24, 2.45) is 5.73 Å². The Morgan fingerprint density at radius 1 is 1.00 bits per heavy atom. The second-order valence-electron chi connectivity index (χ2n) is 6.84. The van der Waals surface area contributed by atoms with Gasteiger partial charge in [-0.05, 0) is 25.8 Å². The van der Waals surface area contributed by atoms with Gasteiger partial charge in [-0.25, -0.2) is 4.79 Å². The Morgan fingerprint density at radius 2 is 1.60 bits per heavy atom. The Bertz CT molecular complexity index is 746. The Balaban J connectivity index is 2.62. The third kappa shape index (κ3) is 8.01. The molecule has 0 fully saturated rings. The zero-order valence-electron chi connectivity index (χ0n) is 16.7. The van der Waals surface area contributed by atoms with Crippen LogP contribution >= 0.6 is 12.6 Å². The van der Waals surface area contributed by atoms with Crippen molar-refractivity contribution in [2.75, 3.05) is 5.75 Å². The lowest BCUT2D eigenvalue weighted by Crippen LogP contribution is -2.58. The maximum absolute atomic E-state index is 12.3. The van der Waals surface area contributed by atoms with Crippen LogP contribution in [0.5, 0.6) is 0 Å². The van der Waals surface area contributed by atoms with Gasteiger partial charge in [0.25, 0.3) is 0 Å². The number of nitrogens with one attached hydrogen (secondary N) is 3. The summed E-state index contributed by atoms with van der Waals surface area (Å²) in [7, 11) is 0. The first-order valence-electron chi connectivity index (χ1n) is 9.29. The maximum Gasteiger partial charge on any atom is 0.328 e. The normalized spacial score (nSPS) is 15.8. The van der Waals surface area contributed by atoms with E-state index in [1.165, 1.54) is 13.8 Å². The lowest BCUT2D eigenvalue weighted by molar-refractivity contribution is -0.145. The van der Waals surface area contributed by atoms with E-state index in [-0.39, 0.29) is 5.75 Å². The molecule has 0 radical (unpaired) electrons. The molecule has 0 saturated carbocycles. The van der Waals surface area contributed by atoms with E-state index in [9.17, 15) is 24.3 Å². The average molecular weight is 441 g/mol. The number of rotatable bonds is 11. The standard InChI is InChI=1S/C19H28N4O6S/c1-10(21-17(26)13(20)8-12-6-4-3-5-7-12)16(25)22-14(9-30)18(27)23-15(11(2)24)19(28)29/h3-7,10-11,13-15,24,30H,8-9,20H2,1-2H3,(H,21,26)(H,22,25)(H,23,27)(H,28,29). The number of amides is 3. The van der Waals surface area contributed by atoms with Gasteiger partial charge in [0.05, 0.1) is 12.1 Å². The molecule has 0 bridgehead atoms. The number of carbonyl (C=O) groups is 4. The number of aliphatic hydroxyl groups is 1. The van der Waals surface area contributed by atoms with Crippen LogP contribution in [0.15, 0.2) is 30.3 Å². The second kappa shape index (κ2) is 12.2. The fourth-order valence-electron chi connectivity index (χ4n) is 2.48. The molecule has 166 valence electrons. The quantitative estimate of drug-likeness (QED) is 0.204. The summed E-state index contributed by atoms with van der Waals surface area (Å²) >= 11 is 3.99. The summed E-state index contributed by atoms with van der Waals surface area (Å²) in [6, 6.07) is 4.58. The molecule has 0 saturated heterocycles. The molecule has 1 aromatic carbocycles. The predicted octanol–water partition coefficient (Wildman–Crippen LogP) is -1.57. The van der Waals surface area contributed by atoms with Gasteiger partial charge in [0.15, 0.2) is 6.04 Å². The largest absolute Gasteiger partial charge is 0.480 e. The van der Waals surface area contributed by atoms with Crippen molar-refractivity contribution >= 4 is 36.3 Å². The summed E-state index contributed by atoms with van der Waals surface area (Å²) in [5.74, 6) is -3.58.